The highest BCUT2D eigenvalue weighted by molar-refractivity contribution is 7.89. The van der Waals surface area contributed by atoms with Crippen LogP contribution >= 0.6 is 0 Å². The molecule has 0 radical (unpaired) electrons. The van der Waals surface area contributed by atoms with Crippen molar-refractivity contribution in [3.05, 3.63) is 41.7 Å². The SMILES string of the molecule is CCNC(=O)C1CC(C)CCN1C(=O)[C@H](CCCNc1ncc[nH]1)NS(=O)(=O)c1cccc2c1CCNC2. The van der Waals surface area contributed by atoms with Gasteiger partial charge in [-0.05, 0) is 68.7 Å². The largest absolute Gasteiger partial charge is 0.356 e. The molecular formula is C26H39N7O4S. The second-order valence-electron chi connectivity index (χ2n) is 10.1. The Hall–Kier alpha value is -2.96. The van der Waals surface area contributed by atoms with Gasteiger partial charge in [-0.2, -0.15) is 4.72 Å². The normalized spacial score (nSPS) is 20.4. The first kappa shape index (κ1) is 28.1. The minimum Gasteiger partial charge on any atom is -0.356 e. The Balaban J connectivity index is 1.56. The molecule has 12 heteroatoms. The van der Waals surface area contributed by atoms with Crippen molar-refractivity contribution in [1.82, 2.24) is 30.2 Å². The summed E-state index contributed by atoms with van der Waals surface area (Å²) in [6.07, 6.45) is 6.05. The molecule has 2 aliphatic rings. The maximum atomic E-state index is 13.9. The molecule has 2 aliphatic heterocycles. The van der Waals surface area contributed by atoms with Crippen molar-refractivity contribution in [3.8, 4) is 0 Å². The highest BCUT2D eigenvalue weighted by Gasteiger charge is 2.39. The van der Waals surface area contributed by atoms with Gasteiger partial charge in [0.05, 0.1) is 4.90 Å². The smallest absolute Gasteiger partial charge is 0.242 e. The molecular weight excluding hydrogens is 506 g/mol. The Morgan fingerprint density at radius 3 is 2.89 bits per heavy atom. The van der Waals surface area contributed by atoms with E-state index in [1.165, 1.54) is 0 Å². The quantitative estimate of drug-likeness (QED) is 0.268. The lowest BCUT2D eigenvalue weighted by Crippen LogP contribution is -2.58. The van der Waals surface area contributed by atoms with Crippen LogP contribution in [-0.4, -0.2) is 73.4 Å². The summed E-state index contributed by atoms with van der Waals surface area (Å²) in [5, 5.41) is 9.25. The van der Waals surface area contributed by atoms with Crippen molar-refractivity contribution in [2.75, 3.05) is 31.5 Å². The third-order valence-corrected chi connectivity index (χ3v) is 8.80. The molecule has 2 aromatic rings. The minimum atomic E-state index is -3.99. The summed E-state index contributed by atoms with van der Waals surface area (Å²) in [5.74, 6) is 0.349. The van der Waals surface area contributed by atoms with Gasteiger partial charge in [-0.1, -0.05) is 19.1 Å². The summed E-state index contributed by atoms with van der Waals surface area (Å²) in [6, 6.07) is 3.65. The van der Waals surface area contributed by atoms with Crippen LogP contribution in [-0.2, 0) is 32.6 Å². The van der Waals surface area contributed by atoms with Gasteiger partial charge in [0, 0.05) is 38.6 Å². The number of likely N-dealkylation sites (N-methyl/N-ethyl adjacent to an activating group) is 1. The number of amides is 2. The van der Waals surface area contributed by atoms with Crippen LogP contribution in [0.4, 0.5) is 5.95 Å². The first-order chi connectivity index (χ1) is 18.3. The topological polar surface area (TPSA) is 148 Å². The second-order valence-corrected chi connectivity index (χ2v) is 11.8. The lowest BCUT2D eigenvalue weighted by Gasteiger charge is -2.39. The standard InChI is InChI=1S/C26H39N7O4S/c1-3-28-24(34)22-16-18(2)10-15-33(22)25(35)21(7-5-11-29-26-30-13-14-31-26)32-38(36,37)23-8-4-6-19-17-27-12-9-20(19)23/h4,6,8,13-14,18,21-22,27,32H,3,5,7,9-12,15-17H2,1-2H3,(H,28,34)(H2,29,30,31)/t18?,21-,22?/m0/s1. The van der Waals surface area contributed by atoms with Crippen molar-refractivity contribution >= 4 is 27.8 Å². The van der Waals surface area contributed by atoms with Gasteiger partial charge >= 0.3 is 0 Å². The van der Waals surface area contributed by atoms with E-state index in [4.69, 9.17) is 0 Å². The number of carbonyl (C=O) groups excluding carboxylic acids is 2. The predicted octanol–water partition coefficient (Wildman–Crippen LogP) is 1.36. The Morgan fingerprint density at radius 2 is 2.13 bits per heavy atom. The van der Waals surface area contributed by atoms with Gasteiger partial charge in [0.15, 0.2) is 5.95 Å². The van der Waals surface area contributed by atoms with Crippen LogP contribution in [0.25, 0.3) is 0 Å². The van der Waals surface area contributed by atoms with E-state index in [1.807, 2.05) is 13.0 Å². The summed E-state index contributed by atoms with van der Waals surface area (Å²) >= 11 is 0. The Kier molecular flexibility index (Phi) is 9.40. The van der Waals surface area contributed by atoms with Crippen molar-refractivity contribution in [3.63, 3.8) is 0 Å². The van der Waals surface area contributed by atoms with Crippen LogP contribution in [0.1, 0.15) is 50.7 Å². The molecule has 2 amide bonds. The summed E-state index contributed by atoms with van der Waals surface area (Å²) in [7, 11) is -3.99. The zero-order valence-electron chi connectivity index (χ0n) is 22.1. The first-order valence-electron chi connectivity index (χ1n) is 13.5. The van der Waals surface area contributed by atoms with Gasteiger partial charge in [0.1, 0.15) is 12.1 Å². The minimum absolute atomic E-state index is 0.196. The Bertz CT molecular complexity index is 1200. The Labute approximate surface area is 224 Å². The van der Waals surface area contributed by atoms with E-state index in [0.717, 1.165) is 17.5 Å². The number of benzene rings is 1. The average molecular weight is 546 g/mol. The van der Waals surface area contributed by atoms with E-state index in [9.17, 15) is 18.0 Å². The van der Waals surface area contributed by atoms with Crippen molar-refractivity contribution < 1.29 is 18.0 Å². The summed E-state index contributed by atoms with van der Waals surface area (Å²) in [5.41, 5.74) is 1.74. The number of aromatic nitrogens is 2. The number of anilines is 1. The summed E-state index contributed by atoms with van der Waals surface area (Å²) in [6.45, 7) is 6.60. The van der Waals surface area contributed by atoms with E-state index < -0.39 is 22.1 Å². The average Bonchev–Trinajstić information content (AvgIpc) is 3.43. The van der Waals surface area contributed by atoms with E-state index in [2.05, 4.69) is 37.6 Å². The van der Waals surface area contributed by atoms with Crippen molar-refractivity contribution in [1.29, 1.82) is 0 Å². The van der Waals surface area contributed by atoms with Crippen LogP contribution in [0, 0.1) is 5.92 Å². The molecule has 1 saturated heterocycles. The number of nitrogens with zero attached hydrogens (tertiary/aromatic N) is 2. The van der Waals surface area contributed by atoms with E-state index in [0.29, 0.717) is 63.9 Å². The predicted molar refractivity (Wildman–Crippen MR) is 145 cm³/mol. The second kappa shape index (κ2) is 12.7. The number of rotatable bonds is 11. The molecule has 11 nitrogen and oxygen atoms in total. The first-order valence-corrected chi connectivity index (χ1v) is 14.9. The van der Waals surface area contributed by atoms with Gasteiger partial charge in [-0.15, -0.1) is 0 Å². The Morgan fingerprint density at radius 1 is 1.29 bits per heavy atom. The number of piperidine rings is 1. The highest BCUT2D eigenvalue weighted by atomic mass is 32.2. The van der Waals surface area contributed by atoms with Crippen LogP contribution in [0.3, 0.4) is 0 Å². The fourth-order valence-corrected chi connectivity index (χ4v) is 6.79. The molecule has 3 atom stereocenters. The molecule has 0 spiro atoms. The van der Waals surface area contributed by atoms with E-state index >= 15 is 0 Å². The number of likely N-dealkylation sites (tertiary alicyclic amines) is 1. The third-order valence-electron chi connectivity index (χ3n) is 7.24. The maximum absolute atomic E-state index is 13.9. The lowest BCUT2D eigenvalue weighted by atomic mass is 9.91. The molecule has 1 fully saturated rings. The van der Waals surface area contributed by atoms with Gasteiger partial charge < -0.3 is 25.8 Å². The van der Waals surface area contributed by atoms with Crippen molar-refractivity contribution in [2.45, 2.75) is 69.5 Å². The molecule has 5 N–H and O–H groups in total. The number of H-pyrrole nitrogens is 1. The van der Waals surface area contributed by atoms with E-state index in [1.54, 1.807) is 29.4 Å². The lowest BCUT2D eigenvalue weighted by molar-refractivity contribution is -0.144. The number of aromatic amines is 1. The van der Waals surface area contributed by atoms with Crippen LogP contribution < -0.4 is 20.7 Å². The van der Waals surface area contributed by atoms with Crippen LogP contribution in [0.5, 0.6) is 0 Å². The molecule has 1 aromatic heterocycles. The molecule has 0 saturated carbocycles. The van der Waals surface area contributed by atoms with Gasteiger partial charge in [0.2, 0.25) is 21.8 Å². The zero-order chi connectivity index (χ0) is 27.1. The molecule has 4 rings (SSSR count). The van der Waals surface area contributed by atoms with Crippen LogP contribution in [0.2, 0.25) is 0 Å². The fraction of sp³-hybridized carbons (Fsp3) is 0.577. The van der Waals surface area contributed by atoms with E-state index in [-0.39, 0.29) is 23.1 Å². The number of imidazole rings is 1. The molecule has 3 heterocycles. The van der Waals surface area contributed by atoms with Gasteiger partial charge in [-0.3, -0.25) is 9.59 Å². The number of sulfonamides is 1. The number of hydrogen-bond acceptors (Lipinski definition) is 7. The van der Waals surface area contributed by atoms with Crippen molar-refractivity contribution in [2.24, 2.45) is 5.92 Å². The molecule has 0 aliphatic carbocycles. The highest BCUT2D eigenvalue weighted by Crippen LogP contribution is 2.26. The number of nitrogens with one attached hydrogen (secondary N) is 5. The van der Waals surface area contributed by atoms with Crippen LogP contribution in [0.15, 0.2) is 35.5 Å². The molecule has 208 valence electrons. The zero-order valence-corrected chi connectivity index (χ0v) is 22.9. The molecule has 0 bridgehead atoms. The number of hydrogen-bond donors (Lipinski definition) is 5. The number of fused-ring (bicyclic) bond motifs is 1. The number of carbonyl (C=O) groups is 2. The summed E-state index contributed by atoms with van der Waals surface area (Å²) in [4.78, 5) is 35.7. The monoisotopic (exact) mass is 545 g/mol. The summed E-state index contributed by atoms with van der Waals surface area (Å²) < 4.78 is 30.1. The van der Waals surface area contributed by atoms with Gasteiger partial charge in [0.25, 0.3) is 0 Å². The molecule has 38 heavy (non-hydrogen) atoms. The molecule has 1 aromatic carbocycles. The molecule has 2 unspecified atom stereocenters. The fourth-order valence-electron chi connectivity index (χ4n) is 5.25. The van der Waals surface area contributed by atoms with Gasteiger partial charge in [-0.25, -0.2) is 13.4 Å². The third kappa shape index (κ3) is 6.72. The maximum Gasteiger partial charge on any atom is 0.242 e.